The third kappa shape index (κ3) is 4.32. The van der Waals surface area contributed by atoms with Crippen LogP contribution in [0.3, 0.4) is 0 Å². The molecule has 1 N–H and O–H groups in total. The van der Waals surface area contributed by atoms with E-state index in [4.69, 9.17) is 11.6 Å². The summed E-state index contributed by atoms with van der Waals surface area (Å²) in [6.45, 7) is -0.0810. The van der Waals surface area contributed by atoms with Gasteiger partial charge in [0.2, 0.25) is 0 Å². The van der Waals surface area contributed by atoms with E-state index in [1.165, 1.54) is 12.1 Å². The fourth-order valence-electron chi connectivity index (χ4n) is 1.15. The van der Waals surface area contributed by atoms with Crippen LogP contribution in [0.5, 0.6) is 0 Å². The van der Waals surface area contributed by atoms with Gasteiger partial charge in [0.15, 0.2) is 0 Å². The van der Waals surface area contributed by atoms with Gasteiger partial charge < -0.3 is 5.32 Å². The Morgan fingerprint density at radius 3 is 2.65 bits per heavy atom. The Bertz CT molecular complexity index is 510. The summed E-state index contributed by atoms with van der Waals surface area (Å²) in [6.07, 6.45) is 1.05. The van der Waals surface area contributed by atoms with Gasteiger partial charge in [-0.1, -0.05) is 17.7 Å². The van der Waals surface area contributed by atoms with Crippen LogP contribution in [-0.4, -0.2) is 32.9 Å². The zero-order chi connectivity index (χ0) is 13.1. The van der Waals surface area contributed by atoms with Gasteiger partial charge in [-0.05, 0) is 12.1 Å². The summed E-state index contributed by atoms with van der Waals surface area (Å²) >= 11 is 5.67. The topological polar surface area (TPSA) is 63.2 Å². The molecule has 0 saturated carbocycles. The van der Waals surface area contributed by atoms with Crippen molar-refractivity contribution in [3.63, 3.8) is 0 Å². The summed E-state index contributed by atoms with van der Waals surface area (Å²) in [6, 6.07) is 3.87. The molecular weight excluding hydrogens is 269 g/mol. The quantitative estimate of drug-likeness (QED) is 0.902. The molecule has 4 nitrogen and oxygen atoms in total. The highest BCUT2D eigenvalue weighted by Crippen LogP contribution is 2.18. The van der Waals surface area contributed by atoms with Crippen LogP contribution in [-0.2, 0) is 9.84 Å². The highest BCUT2D eigenvalue weighted by atomic mass is 35.5. The first-order valence-electron chi connectivity index (χ1n) is 4.71. The highest BCUT2D eigenvalue weighted by Gasteiger charge is 2.15. The number of nitrogens with one attached hydrogen (secondary N) is 1. The fraction of sp³-hybridized carbons (Fsp3) is 0.300. The van der Waals surface area contributed by atoms with Crippen molar-refractivity contribution < 1.29 is 17.6 Å². The van der Waals surface area contributed by atoms with Crippen molar-refractivity contribution in [3.8, 4) is 0 Å². The van der Waals surface area contributed by atoms with Crippen LogP contribution in [0.1, 0.15) is 10.4 Å². The summed E-state index contributed by atoms with van der Waals surface area (Å²) in [4.78, 5) is 11.5. The number of sulfone groups is 1. The van der Waals surface area contributed by atoms with E-state index in [2.05, 4.69) is 5.32 Å². The van der Waals surface area contributed by atoms with Crippen LogP contribution in [0.2, 0.25) is 5.02 Å². The summed E-state index contributed by atoms with van der Waals surface area (Å²) in [5.74, 6) is -1.67. The van der Waals surface area contributed by atoms with Crippen molar-refractivity contribution in [2.24, 2.45) is 0 Å². The Kier molecular flexibility index (Phi) is 4.47. The molecule has 94 valence electrons. The SMILES string of the molecule is CS(=O)(=O)CCNC(=O)c1c(F)cccc1Cl. The fourth-order valence-corrected chi connectivity index (χ4v) is 1.87. The van der Waals surface area contributed by atoms with E-state index in [1.54, 1.807) is 0 Å². The lowest BCUT2D eigenvalue weighted by atomic mass is 10.2. The molecule has 0 aliphatic carbocycles. The number of carbonyl (C=O) groups excluding carboxylic acids is 1. The van der Waals surface area contributed by atoms with Crippen molar-refractivity contribution in [3.05, 3.63) is 34.6 Å². The lowest BCUT2D eigenvalue weighted by Gasteiger charge is -2.06. The molecule has 0 heterocycles. The van der Waals surface area contributed by atoms with Gasteiger partial charge in [-0.3, -0.25) is 4.79 Å². The van der Waals surface area contributed by atoms with E-state index in [9.17, 15) is 17.6 Å². The number of benzene rings is 1. The predicted molar refractivity (Wildman–Crippen MR) is 63.5 cm³/mol. The number of amides is 1. The van der Waals surface area contributed by atoms with E-state index in [1.807, 2.05) is 0 Å². The molecule has 0 radical (unpaired) electrons. The third-order valence-electron chi connectivity index (χ3n) is 1.95. The van der Waals surface area contributed by atoms with Gasteiger partial charge in [-0.25, -0.2) is 12.8 Å². The average Bonchev–Trinajstić information content (AvgIpc) is 2.15. The molecule has 0 spiro atoms. The molecule has 1 aromatic carbocycles. The number of carbonyl (C=O) groups is 1. The minimum Gasteiger partial charge on any atom is -0.351 e. The molecule has 0 aliphatic rings. The molecule has 17 heavy (non-hydrogen) atoms. The highest BCUT2D eigenvalue weighted by molar-refractivity contribution is 7.90. The van der Waals surface area contributed by atoms with Gasteiger partial charge in [0.1, 0.15) is 15.7 Å². The van der Waals surface area contributed by atoms with Crippen molar-refractivity contribution in [1.29, 1.82) is 0 Å². The molecule has 0 fully saturated rings. The molecule has 7 heteroatoms. The number of hydrogen-bond donors (Lipinski definition) is 1. The van der Waals surface area contributed by atoms with Gasteiger partial charge >= 0.3 is 0 Å². The van der Waals surface area contributed by atoms with Crippen molar-refractivity contribution in [2.75, 3.05) is 18.6 Å². The number of halogens is 2. The first kappa shape index (κ1) is 13.9. The molecule has 1 amide bonds. The van der Waals surface area contributed by atoms with Gasteiger partial charge in [0, 0.05) is 12.8 Å². The molecule has 1 aromatic rings. The van der Waals surface area contributed by atoms with Crippen LogP contribution in [0, 0.1) is 5.82 Å². The third-order valence-corrected chi connectivity index (χ3v) is 3.21. The Labute approximate surface area is 104 Å². The van der Waals surface area contributed by atoms with Crippen LogP contribution < -0.4 is 5.32 Å². The standard InChI is InChI=1S/C10H11ClFNO3S/c1-17(15,16)6-5-13-10(14)9-7(11)3-2-4-8(9)12/h2-4H,5-6H2,1H3,(H,13,14). The van der Waals surface area contributed by atoms with E-state index < -0.39 is 21.6 Å². The predicted octanol–water partition coefficient (Wildman–Crippen LogP) is 1.25. The zero-order valence-corrected chi connectivity index (χ0v) is 10.6. The van der Waals surface area contributed by atoms with Crippen LogP contribution in [0.25, 0.3) is 0 Å². The van der Waals surface area contributed by atoms with Crippen molar-refractivity contribution >= 4 is 27.3 Å². The summed E-state index contributed by atoms with van der Waals surface area (Å²) in [5, 5.41) is 2.28. The van der Waals surface area contributed by atoms with Crippen LogP contribution in [0.4, 0.5) is 4.39 Å². The van der Waals surface area contributed by atoms with Crippen molar-refractivity contribution in [2.45, 2.75) is 0 Å². The maximum atomic E-state index is 13.3. The molecule has 0 aromatic heterocycles. The maximum absolute atomic E-state index is 13.3. The summed E-state index contributed by atoms with van der Waals surface area (Å²) in [7, 11) is -3.16. The zero-order valence-electron chi connectivity index (χ0n) is 9.04. The van der Waals surface area contributed by atoms with Crippen LogP contribution in [0.15, 0.2) is 18.2 Å². The second-order valence-electron chi connectivity index (χ2n) is 3.48. The number of hydrogen-bond acceptors (Lipinski definition) is 3. The Hall–Kier alpha value is -1.14. The molecule has 0 saturated heterocycles. The largest absolute Gasteiger partial charge is 0.351 e. The first-order chi connectivity index (χ1) is 7.81. The monoisotopic (exact) mass is 279 g/mol. The van der Waals surface area contributed by atoms with E-state index >= 15 is 0 Å². The van der Waals surface area contributed by atoms with E-state index in [0.717, 1.165) is 12.3 Å². The van der Waals surface area contributed by atoms with Crippen molar-refractivity contribution in [1.82, 2.24) is 5.32 Å². The van der Waals surface area contributed by atoms with E-state index in [0.29, 0.717) is 0 Å². The Balaban J connectivity index is 2.71. The van der Waals surface area contributed by atoms with E-state index in [-0.39, 0.29) is 22.9 Å². The molecule has 0 bridgehead atoms. The lowest BCUT2D eigenvalue weighted by Crippen LogP contribution is -2.29. The first-order valence-corrected chi connectivity index (χ1v) is 7.15. The minimum atomic E-state index is -3.16. The smallest absolute Gasteiger partial charge is 0.255 e. The molecule has 1 rings (SSSR count). The lowest BCUT2D eigenvalue weighted by molar-refractivity contribution is 0.0952. The summed E-state index contributed by atoms with van der Waals surface area (Å²) in [5.41, 5.74) is -0.275. The Morgan fingerprint density at radius 2 is 2.12 bits per heavy atom. The molecule has 0 unspecified atom stereocenters. The normalized spacial score (nSPS) is 11.2. The van der Waals surface area contributed by atoms with Gasteiger partial charge in [0.25, 0.3) is 5.91 Å². The Morgan fingerprint density at radius 1 is 1.47 bits per heavy atom. The maximum Gasteiger partial charge on any atom is 0.255 e. The minimum absolute atomic E-state index is 0.0122. The molecule has 0 atom stereocenters. The van der Waals surface area contributed by atoms with Gasteiger partial charge in [-0.15, -0.1) is 0 Å². The second-order valence-corrected chi connectivity index (χ2v) is 6.15. The van der Waals surface area contributed by atoms with Gasteiger partial charge in [-0.2, -0.15) is 0 Å². The second kappa shape index (κ2) is 5.46. The molecule has 0 aliphatic heterocycles. The van der Waals surface area contributed by atoms with Crippen LogP contribution >= 0.6 is 11.6 Å². The van der Waals surface area contributed by atoms with Gasteiger partial charge in [0.05, 0.1) is 16.3 Å². The molecular formula is C10H11ClFNO3S. The average molecular weight is 280 g/mol. The summed E-state index contributed by atoms with van der Waals surface area (Å²) < 4.78 is 35.0. The number of rotatable bonds is 4.